The lowest BCUT2D eigenvalue weighted by atomic mass is 10.0. The lowest BCUT2D eigenvalue weighted by molar-refractivity contribution is -0.133. The average molecular weight is 211 g/mol. The zero-order valence-corrected chi connectivity index (χ0v) is 9.44. The molecule has 1 aliphatic heterocycles. The maximum atomic E-state index is 11.3. The van der Waals surface area contributed by atoms with E-state index in [1.807, 2.05) is 13.8 Å². The normalized spacial score (nSPS) is 18.9. The molecule has 1 heterocycles. The molecule has 1 amide bonds. The molecule has 0 aromatic carbocycles. The predicted molar refractivity (Wildman–Crippen MR) is 58.9 cm³/mol. The second kappa shape index (κ2) is 8.47. The summed E-state index contributed by atoms with van der Waals surface area (Å²) in [5.41, 5.74) is 0. The third kappa shape index (κ3) is 4.47. The van der Waals surface area contributed by atoms with Crippen molar-refractivity contribution >= 4 is 20.0 Å². The van der Waals surface area contributed by atoms with Crippen LogP contribution in [0.15, 0.2) is 0 Å². The van der Waals surface area contributed by atoms with Gasteiger partial charge in [-0.3, -0.25) is 4.79 Å². The van der Waals surface area contributed by atoms with Crippen molar-refractivity contribution in [3.05, 3.63) is 0 Å². The fraction of sp³-hybridized carbons (Fsp3) is 0.800. The van der Waals surface area contributed by atoms with Crippen molar-refractivity contribution in [3.63, 3.8) is 0 Å². The Hall–Kier alpha value is -0.835. The molecule has 15 heavy (non-hydrogen) atoms. The Balaban J connectivity index is 0.000000921. The molecule has 84 valence electrons. The van der Waals surface area contributed by atoms with Crippen LogP contribution >= 0.6 is 0 Å². The first-order valence-corrected chi connectivity index (χ1v) is 5.30. The highest BCUT2D eigenvalue weighted by molar-refractivity contribution is 6.19. The third-order valence-corrected chi connectivity index (χ3v) is 2.11. The van der Waals surface area contributed by atoms with Crippen molar-refractivity contribution in [3.8, 4) is 0 Å². The molecule has 0 aromatic heterocycles. The molecule has 0 aromatic rings. The van der Waals surface area contributed by atoms with Crippen LogP contribution in [0.4, 0.5) is 0 Å². The minimum atomic E-state index is -0.192. The average Bonchev–Trinajstić information content (AvgIpc) is 2.81. The third-order valence-electron chi connectivity index (χ3n) is 2.11. The number of carbonyl (C=O) groups is 2. The van der Waals surface area contributed by atoms with Crippen LogP contribution in [0.3, 0.4) is 0 Å². The molecule has 4 nitrogen and oxygen atoms in total. The first-order valence-electron chi connectivity index (χ1n) is 5.30. The van der Waals surface area contributed by atoms with Crippen LogP contribution in [0.5, 0.6) is 0 Å². The minimum Gasteiger partial charge on any atom is -0.379 e. The van der Waals surface area contributed by atoms with Gasteiger partial charge in [-0.15, -0.1) is 0 Å². The summed E-state index contributed by atoms with van der Waals surface area (Å²) in [5, 5.41) is 0. The van der Waals surface area contributed by atoms with Gasteiger partial charge in [0.05, 0.1) is 27.0 Å². The first kappa shape index (κ1) is 14.2. The van der Waals surface area contributed by atoms with Crippen LogP contribution in [-0.4, -0.2) is 50.7 Å². The van der Waals surface area contributed by atoms with Gasteiger partial charge < -0.3 is 14.4 Å². The number of rotatable bonds is 4. The van der Waals surface area contributed by atoms with Crippen molar-refractivity contribution < 1.29 is 14.3 Å². The van der Waals surface area contributed by atoms with Crippen molar-refractivity contribution in [2.75, 3.05) is 19.8 Å². The SMILES string of the molecule is CC.[B]CC(=O)N(CC=O)C1CCOC1. The van der Waals surface area contributed by atoms with Crippen LogP contribution in [-0.2, 0) is 14.3 Å². The lowest BCUT2D eigenvalue weighted by Gasteiger charge is -2.25. The van der Waals surface area contributed by atoms with E-state index in [9.17, 15) is 9.59 Å². The van der Waals surface area contributed by atoms with Gasteiger partial charge in [-0.05, 0) is 12.7 Å². The number of aldehydes is 1. The van der Waals surface area contributed by atoms with E-state index in [1.165, 1.54) is 4.90 Å². The zero-order chi connectivity index (χ0) is 11.7. The quantitative estimate of drug-likeness (QED) is 0.500. The summed E-state index contributed by atoms with van der Waals surface area (Å²) in [6.45, 7) is 5.28. The van der Waals surface area contributed by atoms with Gasteiger partial charge in [-0.1, -0.05) is 13.8 Å². The van der Waals surface area contributed by atoms with E-state index in [2.05, 4.69) is 0 Å². The molecule has 1 saturated heterocycles. The van der Waals surface area contributed by atoms with Gasteiger partial charge in [-0.25, -0.2) is 0 Å². The van der Waals surface area contributed by atoms with E-state index in [4.69, 9.17) is 12.6 Å². The van der Waals surface area contributed by atoms with Gasteiger partial charge in [0, 0.05) is 6.61 Å². The highest BCUT2D eigenvalue weighted by Gasteiger charge is 2.25. The van der Waals surface area contributed by atoms with E-state index in [0.717, 1.165) is 6.42 Å². The van der Waals surface area contributed by atoms with Crippen LogP contribution in [0.1, 0.15) is 20.3 Å². The topological polar surface area (TPSA) is 46.6 Å². The molecule has 0 spiro atoms. The Morgan fingerprint density at radius 1 is 1.60 bits per heavy atom. The molecule has 2 radical (unpaired) electrons. The van der Waals surface area contributed by atoms with E-state index in [0.29, 0.717) is 19.5 Å². The first-order chi connectivity index (χ1) is 7.29. The van der Waals surface area contributed by atoms with Crippen LogP contribution in [0.25, 0.3) is 0 Å². The van der Waals surface area contributed by atoms with Crippen LogP contribution < -0.4 is 0 Å². The van der Waals surface area contributed by atoms with E-state index >= 15 is 0 Å². The standard InChI is InChI=1S/C8H12BNO3.C2H6/c9-5-8(12)10(2-3-11)7-1-4-13-6-7;1-2/h3,7H,1-2,4-6H2;1-2H3. The summed E-state index contributed by atoms with van der Waals surface area (Å²) in [5.74, 6) is -0.192. The smallest absolute Gasteiger partial charge is 0.214 e. The Labute approximate surface area is 92.4 Å². The summed E-state index contributed by atoms with van der Waals surface area (Å²) in [4.78, 5) is 23.1. The molecule has 1 unspecified atom stereocenters. The lowest BCUT2D eigenvalue weighted by Crippen LogP contribution is -2.41. The maximum Gasteiger partial charge on any atom is 0.214 e. The molecule has 0 N–H and O–H groups in total. The summed E-state index contributed by atoms with van der Waals surface area (Å²) in [6, 6.07) is 0.0289. The molecule has 0 saturated carbocycles. The van der Waals surface area contributed by atoms with Gasteiger partial charge in [0.25, 0.3) is 0 Å². The predicted octanol–water partition coefficient (Wildman–Crippen LogP) is 0.416. The molecule has 0 aliphatic carbocycles. The van der Waals surface area contributed by atoms with Gasteiger partial charge in [0.15, 0.2) is 0 Å². The Morgan fingerprint density at radius 3 is 2.67 bits per heavy atom. The molecule has 1 fully saturated rings. The van der Waals surface area contributed by atoms with Gasteiger partial charge >= 0.3 is 0 Å². The largest absolute Gasteiger partial charge is 0.379 e. The van der Waals surface area contributed by atoms with Crippen molar-refractivity contribution in [1.29, 1.82) is 0 Å². The van der Waals surface area contributed by atoms with Crippen LogP contribution in [0.2, 0.25) is 6.32 Å². The minimum absolute atomic E-state index is 0.0289. The molecule has 1 aliphatic rings. The fourth-order valence-electron chi connectivity index (χ4n) is 1.42. The fourth-order valence-corrected chi connectivity index (χ4v) is 1.42. The van der Waals surface area contributed by atoms with E-state index in [1.54, 1.807) is 0 Å². The highest BCUT2D eigenvalue weighted by Crippen LogP contribution is 2.12. The van der Waals surface area contributed by atoms with E-state index in [-0.39, 0.29) is 24.8 Å². The highest BCUT2D eigenvalue weighted by atomic mass is 16.5. The van der Waals surface area contributed by atoms with Gasteiger partial charge in [0.2, 0.25) is 5.91 Å². The number of ether oxygens (including phenoxy) is 1. The molecular formula is C10H18BNO3. The van der Waals surface area contributed by atoms with Crippen molar-refractivity contribution in [1.82, 2.24) is 4.90 Å². The Morgan fingerprint density at radius 2 is 2.27 bits per heavy atom. The molecule has 1 rings (SSSR count). The summed E-state index contributed by atoms with van der Waals surface area (Å²) >= 11 is 0. The Bertz CT molecular complexity index is 193. The second-order valence-electron chi connectivity index (χ2n) is 2.93. The Kier molecular flexibility index (Phi) is 8.00. The number of nitrogens with zero attached hydrogens (tertiary/aromatic N) is 1. The second-order valence-corrected chi connectivity index (χ2v) is 2.93. The number of amides is 1. The van der Waals surface area contributed by atoms with Crippen molar-refractivity contribution in [2.45, 2.75) is 32.6 Å². The molecule has 0 bridgehead atoms. The number of hydrogen-bond acceptors (Lipinski definition) is 3. The van der Waals surface area contributed by atoms with Gasteiger partial charge in [0.1, 0.15) is 6.29 Å². The number of hydrogen-bond donors (Lipinski definition) is 0. The molecule has 5 heteroatoms. The summed E-state index contributed by atoms with van der Waals surface area (Å²) in [7, 11) is 5.22. The van der Waals surface area contributed by atoms with Crippen molar-refractivity contribution in [2.24, 2.45) is 0 Å². The zero-order valence-electron chi connectivity index (χ0n) is 9.44. The summed E-state index contributed by atoms with van der Waals surface area (Å²) in [6.07, 6.45) is 1.45. The maximum absolute atomic E-state index is 11.3. The number of carbonyl (C=O) groups excluding carboxylic acids is 2. The molecule has 1 atom stereocenters. The van der Waals surface area contributed by atoms with E-state index < -0.39 is 0 Å². The van der Waals surface area contributed by atoms with Crippen LogP contribution in [0, 0.1) is 0 Å². The monoisotopic (exact) mass is 211 g/mol. The molecular weight excluding hydrogens is 193 g/mol. The summed E-state index contributed by atoms with van der Waals surface area (Å²) < 4.78 is 5.13. The van der Waals surface area contributed by atoms with Gasteiger partial charge in [-0.2, -0.15) is 0 Å².